The third-order valence-electron chi connectivity index (χ3n) is 4.15. The van der Waals surface area contributed by atoms with Gasteiger partial charge in [0.1, 0.15) is 5.75 Å². The monoisotopic (exact) mass is 493 g/mol. The van der Waals surface area contributed by atoms with E-state index in [4.69, 9.17) is 44.0 Å². The van der Waals surface area contributed by atoms with Gasteiger partial charge in [0.25, 0.3) is 11.1 Å². The molecule has 6 nitrogen and oxygen atoms in total. The number of amides is 1. The number of halogens is 3. The Morgan fingerprint density at radius 1 is 1.03 bits per heavy atom. The molecule has 0 atom stereocenters. The molecule has 0 spiro atoms. The number of hydrogen-bond acceptors (Lipinski definition) is 6. The largest absolute Gasteiger partial charge is 0.483 e. The number of rotatable bonds is 7. The van der Waals surface area contributed by atoms with Gasteiger partial charge in [-0.25, -0.2) is 0 Å². The fraction of sp³-hybridized carbons (Fsp3) is 0.0952. The molecule has 1 amide bonds. The standard InChI is InChI=1S/C21H14Cl3N3O3S/c22-13-8-15(23)20(16(24)9-13)25-18(28)11-31-21-27-26-19(30-21)10-29-17-7-3-5-12-4-1-2-6-14(12)17/h1-9H,10-11H2,(H,25,28). The van der Waals surface area contributed by atoms with Crippen molar-refractivity contribution in [2.24, 2.45) is 0 Å². The third kappa shape index (κ3) is 5.43. The molecular weight excluding hydrogens is 481 g/mol. The Morgan fingerprint density at radius 3 is 2.58 bits per heavy atom. The quantitative estimate of drug-likeness (QED) is 0.296. The maximum Gasteiger partial charge on any atom is 0.277 e. The summed E-state index contributed by atoms with van der Waals surface area (Å²) in [5.74, 6) is 0.727. The predicted molar refractivity (Wildman–Crippen MR) is 123 cm³/mol. The van der Waals surface area contributed by atoms with Gasteiger partial charge in [-0.3, -0.25) is 4.79 Å². The number of benzene rings is 3. The first kappa shape index (κ1) is 21.8. The molecule has 10 heteroatoms. The van der Waals surface area contributed by atoms with Gasteiger partial charge in [-0.05, 0) is 23.6 Å². The molecule has 0 saturated heterocycles. The minimum absolute atomic E-state index is 0.0289. The summed E-state index contributed by atoms with van der Waals surface area (Å²) in [6.07, 6.45) is 0. The van der Waals surface area contributed by atoms with Gasteiger partial charge >= 0.3 is 0 Å². The van der Waals surface area contributed by atoms with Crippen LogP contribution >= 0.6 is 46.6 Å². The summed E-state index contributed by atoms with van der Waals surface area (Å²) in [6, 6.07) is 16.7. The van der Waals surface area contributed by atoms with E-state index in [-0.39, 0.29) is 33.5 Å². The lowest BCUT2D eigenvalue weighted by Gasteiger charge is -2.09. The zero-order chi connectivity index (χ0) is 21.8. The maximum atomic E-state index is 12.2. The number of thioether (sulfide) groups is 1. The van der Waals surface area contributed by atoms with Crippen molar-refractivity contribution in [3.63, 3.8) is 0 Å². The molecular formula is C21H14Cl3N3O3S. The van der Waals surface area contributed by atoms with Crippen LogP contribution in [-0.2, 0) is 11.4 Å². The zero-order valence-electron chi connectivity index (χ0n) is 15.8. The zero-order valence-corrected chi connectivity index (χ0v) is 18.9. The summed E-state index contributed by atoms with van der Waals surface area (Å²) < 4.78 is 11.4. The van der Waals surface area contributed by atoms with Crippen LogP contribution in [0.4, 0.5) is 5.69 Å². The Bertz CT molecular complexity index is 1220. The second kappa shape index (κ2) is 9.78. The van der Waals surface area contributed by atoms with E-state index in [1.54, 1.807) is 0 Å². The van der Waals surface area contributed by atoms with E-state index in [0.29, 0.717) is 16.6 Å². The Kier molecular flexibility index (Phi) is 6.87. The van der Waals surface area contributed by atoms with Gasteiger partial charge in [-0.2, -0.15) is 0 Å². The number of aromatic nitrogens is 2. The van der Waals surface area contributed by atoms with E-state index >= 15 is 0 Å². The molecule has 0 saturated carbocycles. The highest BCUT2D eigenvalue weighted by Gasteiger charge is 2.14. The summed E-state index contributed by atoms with van der Waals surface area (Å²) in [7, 11) is 0. The van der Waals surface area contributed by atoms with Crippen LogP contribution in [-0.4, -0.2) is 21.9 Å². The van der Waals surface area contributed by atoms with Crippen molar-refractivity contribution in [2.75, 3.05) is 11.1 Å². The fourth-order valence-corrected chi connectivity index (χ4v) is 4.27. The van der Waals surface area contributed by atoms with Crippen molar-refractivity contribution >= 4 is 68.9 Å². The second-order valence-electron chi connectivity index (χ2n) is 6.31. The highest BCUT2D eigenvalue weighted by molar-refractivity contribution is 7.99. The predicted octanol–water partition coefficient (Wildman–Crippen LogP) is 6.49. The molecule has 1 N–H and O–H groups in total. The van der Waals surface area contributed by atoms with Crippen LogP contribution < -0.4 is 10.1 Å². The molecule has 0 aliphatic rings. The Morgan fingerprint density at radius 2 is 1.77 bits per heavy atom. The fourth-order valence-electron chi connectivity index (χ4n) is 2.78. The highest BCUT2D eigenvalue weighted by Crippen LogP contribution is 2.34. The maximum absolute atomic E-state index is 12.2. The van der Waals surface area contributed by atoms with Crippen molar-refractivity contribution in [3.05, 3.63) is 75.6 Å². The topological polar surface area (TPSA) is 77.2 Å². The van der Waals surface area contributed by atoms with Crippen LogP contribution in [0.2, 0.25) is 15.1 Å². The molecule has 1 aromatic heterocycles. The van der Waals surface area contributed by atoms with Crippen LogP contribution in [0.25, 0.3) is 10.8 Å². The van der Waals surface area contributed by atoms with Gasteiger partial charge in [0.05, 0.1) is 21.5 Å². The molecule has 0 bridgehead atoms. The van der Waals surface area contributed by atoms with E-state index in [1.165, 1.54) is 12.1 Å². The molecule has 0 radical (unpaired) electrons. The number of nitrogens with zero attached hydrogens (tertiary/aromatic N) is 2. The van der Waals surface area contributed by atoms with Crippen LogP contribution in [0.5, 0.6) is 5.75 Å². The molecule has 3 aromatic carbocycles. The highest BCUT2D eigenvalue weighted by atomic mass is 35.5. The molecule has 0 aliphatic carbocycles. The molecule has 4 aromatic rings. The van der Waals surface area contributed by atoms with E-state index in [9.17, 15) is 4.79 Å². The summed E-state index contributed by atoms with van der Waals surface area (Å²) in [6.45, 7) is 0.115. The molecule has 158 valence electrons. The number of nitrogens with one attached hydrogen (secondary N) is 1. The van der Waals surface area contributed by atoms with Crippen molar-refractivity contribution in [1.82, 2.24) is 10.2 Å². The molecule has 0 fully saturated rings. The van der Waals surface area contributed by atoms with E-state index < -0.39 is 0 Å². The first-order valence-corrected chi connectivity index (χ1v) is 11.1. The van der Waals surface area contributed by atoms with Gasteiger partial charge in [0.15, 0.2) is 6.61 Å². The number of carbonyl (C=O) groups excluding carboxylic acids is 1. The number of fused-ring (bicyclic) bond motifs is 1. The first-order chi connectivity index (χ1) is 15.0. The second-order valence-corrected chi connectivity index (χ2v) is 8.49. The van der Waals surface area contributed by atoms with Crippen molar-refractivity contribution < 1.29 is 13.9 Å². The third-order valence-corrected chi connectivity index (χ3v) is 5.78. The van der Waals surface area contributed by atoms with E-state index in [2.05, 4.69) is 15.5 Å². The lowest BCUT2D eigenvalue weighted by molar-refractivity contribution is -0.113. The Balaban J connectivity index is 1.32. The minimum atomic E-state index is -0.331. The lowest BCUT2D eigenvalue weighted by atomic mass is 10.1. The number of hydrogen-bond donors (Lipinski definition) is 1. The number of anilines is 1. The van der Waals surface area contributed by atoms with Gasteiger partial charge < -0.3 is 14.5 Å². The van der Waals surface area contributed by atoms with Gasteiger partial charge in [0, 0.05) is 10.4 Å². The summed E-state index contributed by atoms with van der Waals surface area (Å²) >= 11 is 19.1. The van der Waals surface area contributed by atoms with Crippen LogP contribution in [0.15, 0.2) is 64.2 Å². The Labute approximate surface area is 196 Å². The molecule has 0 unspecified atom stereocenters. The van der Waals surface area contributed by atoms with Crippen molar-refractivity contribution in [2.45, 2.75) is 11.8 Å². The summed E-state index contributed by atoms with van der Waals surface area (Å²) in [5, 5.41) is 13.7. The normalized spacial score (nSPS) is 10.9. The lowest BCUT2D eigenvalue weighted by Crippen LogP contribution is -2.14. The van der Waals surface area contributed by atoms with E-state index in [1.807, 2.05) is 42.5 Å². The molecule has 1 heterocycles. The summed E-state index contributed by atoms with van der Waals surface area (Å²) in [4.78, 5) is 12.2. The average Bonchev–Trinajstić information content (AvgIpc) is 3.21. The number of carbonyl (C=O) groups is 1. The van der Waals surface area contributed by atoms with Crippen LogP contribution in [0.3, 0.4) is 0 Å². The molecule has 31 heavy (non-hydrogen) atoms. The van der Waals surface area contributed by atoms with Gasteiger partial charge in [-0.15, -0.1) is 10.2 Å². The van der Waals surface area contributed by atoms with E-state index in [0.717, 1.165) is 28.3 Å². The number of ether oxygens (including phenoxy) is 1. The first-order valence-electron chi connectivity index (χ1n) is 9.00. The smallest absolute Gasteiger partial charge is 0.277 e. The molecule has 4 rings (SSSR count). The van der Waals surface area contributed by atoms with Gasteiger partial charge in [-0.1, -0.05) is 83.0 Å². The van der Waals surface area contributed by atoms with Crippen LogP contribution in [0.1, 0.15) is 5.89 Å². The average molecular weight is 495 g/mol. The molecule has 0 aliphatic heterocycles. The summed E-state index contributed by atoms with van der Waals surface area (Å²) in [5.41, 5.74) is 0.299. The van der Waals surface area contributed by atoms with Crippen molar-refractivity contribution in [3.8, 4) is 5.75 Å². The minimum Gasteiger partial charge on any atom is -0.483 e. The van der Waals surface area contributed by atoms with Gasteiger partial charge in [0.2, 0.25) is 5.91 Å². The van der Waals surface area contributed by atoms with Crippen LogP contribution in [0, 0.1) is 0 Å². The van der Waals surface area contributed by atoms with Crippen molar-refractivity contribution in [1.29, 1.82) is 0 Å². The Hall–Kier alpha value is -2.45. The SMILES string of the molecule is O=C(CSc1nnc(COc2cccc3ccccc23)o1)Nc1c(Cl)cc(Cl)cc1Cl.